The van der Waals surface area contributed by atoms with Gasteiger partial charge in [0.25, 0.3) is 0 Å². The Bertz CT molecular complexity index is 1110. The van der Waals surface area contributed by atoms with Gasteiger partial charge in [-0.05, 0) is 104 Å². The van der Waals surface area contributed by atoms with Crippen LogP contribution in [0.25, 0.3) is 5.57 Å². The first kappa shape index (κ1) is 21.4. The van der Waals surface area contributed by atoms with Crippen LogP contribution in [0.15, 0.2) is 53.5 Å². The van der Waals surface area contributed by atoms with Gasteiger partial charge in [0.15, 0.2) is 0 Å². The summed E-state index contributed by atoms with van der Waals surface area (Å²) >= 11 is 0. The zero-order chi connectivity index (χ0) is 21.8. The number of ether oxygens (including phenoxy) is 2. The van der Waals surface area contributed by atoms with E-state index in [2.05, 4.69) is 45.5 Å². The van der Waals surface area contributed by atoms with Gasteiger partial charge in [0, 0.05) is 5.56 Å². The molecule has 0 saturated heterocycles. The normalized spacial score (nSPS) is 10.4. The maximum atomic E-state index is 5.71. The molecule has 0 atom stereocenters. The van der Waals surface area contributed by atoms with Crippen LogP contribution in [0.3, 0.4) is 0 Å². The van der Waals surface area contributed by atoms with Crippen molar-refractivity contribution in [1.82, 2.24) is 0 Å². The number of nitrogens with zero attached hydrogens (tertiary/aromatic N) is 1. The summed E-state index contributed by atoms with van der Waals surface area (Å²) in [6.45, 7) is 10.9. The maximum absolute atomic E-state index is 5.71. The molecule has 0 aromatic heterocycles. The van der Waals surface area contributed by atoms with Crippen molar-refractivity contribution in [3.05, 3.63) is 87.5 Å². The van der Waals surface area contributed by atoms with Gasteiger partial charge in [-0.3, -0.25) is 0 Å². The summed E-state index contributed by atoms with van der Waals surface area (Å²) in [5, 5.41) is 0. The summed E-state index contributed by atoms with van der Waals surface area (Å²) in [5.74, 6) is 4.88. The Hall–Kier alpha value is -3.29. The Kier molecular flexibility index (Phi) is 6.44. The third-order valence-electron chi connectivity index (χ3n) is 5.98. The molecular weight excluding hydrogens is 370 g/mol. The van der Waals surface area contributed by atoms with E-state index in [1.165, 1.54) is 27.8 Å². The van der Waals surface area contributed by atoms with E-state index in [9.17, 15) is 0 Å². The van der Waals surface area contributed by atoms with Crippen molar-refractivity contribution in [1.29, 1.82) is 0 Å². The Morgan fingerprint density at radius 2 is 1.33 bits per heavy atom. The molecule has 3 aromatic carbocycles. The van der Waals surface area contributed by atoms with Crippen LogP contribution in [0.1, 0.15) is 38.9 Å². The van der Waals surface area contributed by atoms with E-state index in [1.54, 1.807) is 14.2 Å². The van der Waals surface area contributed by atoms with Crippen molar-refractivity contribution < 1.29 is 9.47 Å². The lowest BCUT2D eigenvalue weighted by Crippen LogP contribution is -2.05. The van der Waals surface area contributed by atoms with E-state index in [0.29, 0.717) is 0 Å². The highest BCUT2D eigenvalue weighted by Gasteiger charge is 2.20. The van der Waals surface area contributed by atoms with Crippen LogP contribution in [0, 0.1) is 34.6 Å². The van der Waals surface area contributed by atoms with Gasteiger partial charge in [-0.2, -0.15) is 0 Å². The smallest absolute Gasteiger partial charge is 0.127 e. The zero-order valence-corrected chi connectivity index (χ0v) is 18.9. The molecule has 0 fully saturated rings. The molecule has 0 radical (unpaired) electrons. The first-order chi connectivity index (χ1) is 14.4. The monoisotopic (exact) mass is 399 g/mol. The molecule has 0 heterocycles. The minimum Gasteiger partial charge on any atom is -0.497 e. The molecule has 0 amide bonds. The molecular formula is C27H29NO2. The summed E-state index contributed by atoms with van der Waals surface area (Å²) < 4.78 is 11.2. The molecule has 3 rings (SSSR count). The van der Waals surface area contributed by atoms with Crippen LogP contribution in [-0.2, 0) is 0 Å². The first-order valence-corrected chi connectivity index (χ1v) is 10.1. The minimum atomic E-state index is 0.760. The fraction of sp³-hybridized carbons (Fsp3) is 0.259. The zero-order valence-electron chi connectivity index (χ0n) is 18.9. The van der Waals surface area contributed by atoms with Crippen LogP contribution in [0.5, 0.6) is 11.5 Å². The van der Waals surface area contributed by atoms with Crippen molar-refractivity contribution in [3.63, 3.8) is 0 Å². The van der Waals surface area contributed by atoms with Gasteiger partial charge in [0.1, 0.15) is 11.5 Å². The molecule has 0 spiro atoms. The van der Waals surface area contributed by atoms with Crippen LogP contribution in [-0.4, -0.2) is 20.1 Å². The lowest BCUT2D eigenvalue weighted by Gasteiger charge is -2.21. The van der Waals surface area contributed by atoms with Gasteiger partial charge in [-0.25, -0.2) is 4.99 Å². The van der Waals surface area contributed by atoms with Gasteiger partial charge in [0.2, 0.25) is 0 Å². The summed E-state index contributed by atoms with van der Waals surface area (Å²) in [5.41, 5.74) is 10.2. The highest BCUT2D eigenvalue weighted by atomic mass is 16.5. The van der Waals surface area contributed by atoms with Crippen molar-refractivity contribution in [3.8, 4) is 11.5 Å². The number of hydrogen-bond donors (Lipinski definition) is 0. The van der Waals surface area contributed by atoms with E-state index in [1.807, 2.05) is 48.5 Å². The largest absolute Gasteiger partial charge is 0.497 e. The van der Waals surface area contributed by atoms with E-state index < -0.39 is 0 Å². The topological polar surface area (TPSA) is 30.8 Å². The number of aliphatic imine (C=N–C) groups is 1. The minimum absolute atomic E-state index is 0.760. The Balaban J connectivity index is 2.41. The number of hydrogen-bond acceptors (Lipinski definition) is 3. The standard InChI is InChI=1S/C27H29NO2/c1-17-18(2)20(4)27(21(5)19(17)3)25(16-28-22-11-9-8-10-12-22)24-15-23(29-6)13-14-26(24)30-7/h8-15H,1-7H3. The van der Waals surface area contributed by atoms with E-state index in [0.717, 1.165) is 33.9 Å². The average Bonchev–Trinajstić information content (AvgIpc) is 2.78. The lowest BCUT2D eigenvalue weighted by atomic mass is 9.84. The molecule has 0 unspecified atom stereocenters. The van der Waals surface area contributed by atoms with Gasteiger partial charge in [-0.15, -0.1) is 0 Å². The first-order valence-electron chi connectivity index (χ1n) is 10.1. The summed E-state index contributed by atoms with van der Waals surface area (Å²) in [4.78, 5) is 4.67. The fourth-order valence-corrected chi connectivity index (χ4v) is 3.76. The molecule has 0 aliphatic heterocycles. The Morgan fingerprint density at radius 1 is 0.733 bits per heavy atom. The molecule has 0 saturated carbocycles. The highest BCUT2D eigenvalue weighted by Crippen LogP contribution is 2.38. The molecule has 3 aromatic rings. The summed E-state index contributed by atoms with van der Waals surface area (Å²) in [7, 11) is 3.35. The van der Waals surface area contributed by atoms with Crippen molar-refractivity contribution in [2.24, 2.45) is 4.99 Å². The highest BCUT2D eigenvalue weighted by molar-refractivity contribution is 6.03. The Labute approximate surface area is 179 Å². The summed E-state index contributed by atoms with van der Waals surface area (Å²) in [6.07, 6.45) is 0. The molecule has 30 heavy (non-hydrogen) atoms. The molecule has 0 N–H and O–H groups in total. The lowest BCUT2D eigenvalue weighted by molar-refractivity contribution is 0.402. The third-order valence-corrected chi connectivity index (χ3v) is 5.98. The predicted molar refractivity (Wildman–Crippen MR) is 126 cm³/mol. The van der Waals surface area contributed by atoms with Gasteiger partial charge >= 0.3 is 0 Å². The molecule has 154 valence electrons. The Morgan fingerprint density at radius 3 is 1.90 bits per heavy atom. The second kappa shape index (κ2) is 9.02. The molecule has 0 aliphatic carbocycles. The van der Waals surface area contributed by atoms with Gasteiger partial charge in [-0.1, -0.05) is 18.2 Å². The van der Waals surface area contributed by atoms with Crippen LogP contribution in [0.2, 0.25) is 0 Å². The van der Waals surface area contributed by atoms with Crippen LogP contribution >= 0.6 is 0 Å². The van der Waals surface area contributed by atoms with Crippen molar-refractivity contribution in [2.75, 3.05) is 14.2 Å². The van der Waals surface area contributed by atoms with Crippen molar-refractivity contribution in [2.45, 2.75) is 34.6 Å². The molecule has 0 bridgehead atoms. The number of rotatable bonds is 5. The average molecular weight is 400 g/mol. The predicted octanol–water partition coefficient (Wildman–Crippen LogP) is 6.68. The van der Waals surface area contributed by atoms with E-state index >= 15 is 0 Å². The van der Waals surface area contributed by atoms with Gasteiger partial charge in [0.05, 0.1) is 25.5 Å². The third kappa shape index (κ3) is 4.03. The van der Waals surface area contributed by atoms with E-state index in [-0.39, 0.29) is 0 Å². The number of para-hydroxylation sites is 1. The molecule has 3 heteroatoms. The SMILES string of the molecule is COc1ccc(OC)c(C(=C=Nc2ccccc2)c2c(C)c(C)c(C)c(C)c2C)c1. The van der Waals surface area contributed by atoms with Crippen LogP contribution < -0.4 is 9.47 Å². The second-order valence-electron chi connectivity index (χ2n) is 7.50. The van der Waals surface area contributed by atoms with Crippen molar-refractivity contribution >= 4 is 17.1 Å². The maximum Gasteiger partial charge on any atom is 0.127 e. The summed E-state index contributed by atoms with van der Waals surface area (Å²) in [6, 6.07) is 15.7. The second-order valence-corrected chi connectivity index (χ2v) is 7.50. The van der Waals surface area contributed by atoms with Crippen LogP contribution in [0.4, 0.5) is 5.69 Å². The molecule has 0 aliphatic rings. The van der Waals surface area contributed by atoms with E-state index in [4.69, 9.17) is 9.47 Å². The number of benzene rings is 3. The fourth-order valence-electron chi connectivity index (χ4n) is 3.76. The quantitative estimate of drug-likeness (QED) is 0.448. The van der Waals surface area contributed by atoms with Gasteiger partial charge < -0.3 is 9.47 Å². The molecule has 3 nitrogen and oxygen atoms in total. The number of methoxy groups -OCH3 is 2.